The van der Waals surface area contributed by atoms with Gasteiger partial charge in [0.15, 0.2) is 0 Å². The summed E-state index contributed by atoms with van der Waals surface area (Å²) in [5, 5.41) is 10.4. The number of likely N-dealkylation sites (tertiary alicyclic amines) is 1. The molecule has 1 N–H and O–H groups in total. The van der Waals surface area contributed by atoms with Crippen molar-refractivity contribution in [3.63, 3.8) is 0 Å². The fraction of sp³-hybridized carbons (Fsp3) is 0.464. The Hall–Kier alpha value is -3.23. The Morgan fingerprint density at radius 1 is 1.06 bits per heavy atom. The highest BCUT2D eigenvalue weighted by Crippen LogP contribution is 2.49. The number of carbonyl (C=O) groups is 2. The molecule has 4 heterocycles. The first kappa shape index (κ1) is 24.5. The van der Waals surface area contributed by atoms with Crippen LogP contribution in [-0.4, -0.2) is 70.7 Å². The third kappa shape index (κ3) is 4.29. The minimum Gasteiger partial charge on any atom is -0.396 e. The van der Waals surface area contributed by atoms with Crippen LogP contribution in [0.5, 0.6) is 0 Å². The molecule has 2 aromatic rings. The van der Waals surface area contributed by atoms with Crippen molar-refractivity contribution < 1.29 is 19.4 Å². The first-order chi connectivity index (χ1) is 17.5. The number of hydrogen-bond donors (Lipinski definition) is 1. The Morgan fingerprint density at radius 2 is 1.81 bits per heavy atom. The number of pyridine rings is 1. The molecule has 2 bridgehead atoms. The van der Waals surface area contributed by atoms with E-state index in [2.05, 4.69) is 0 Å². The minimum absolute atomic E-state index is 0.0367. The Kier molecular flexibility index (Phi) is 7.07. The Balaban J connectivity index is 1.56. The summed E-state index contributed by atoms with van der Waals surface area (Å²) < 4.78 is 6.84. The summed E-state index contributed by atoms with van der Waals surface area (Å²) in [4.78, 5) is 44.1. The fourth-order valence-corrected chi connectivity index (χ4v) is 6.15. The molecule has 0 unspecified atom stereocenters. The number of rotatable bonds is 6. The summed E-state index contributed by atoms with van der Waals surface area (Å²) >= 11 is 0. The molecule has 3 aliphatic heterocycles. The first-order valence-corrected chi connectivity index (χ1v) is 12.7. The predicted octanol–water partition coefficient (Wildman–Crippen LogP) is 2.17. The van der Waals surface area contributed by atoms with Gasteiger partial charge in [-0.25, -0.2) is 0 Å². The van der Waals surface area contributed by atoms with E-state index >= 15 is 0 Å². The summed E-state index contributed by atoms with van der Waals surface area (Å²) in [5.41, 5.74) is 2.02. The lowest BCUT2D eigenvalue weighted by atomic mass is 9.85. The van der Waals surface area contributed by atoms with Gasteiger partial charge in [-0.05, 0) is 43.0 Å². The minimum atomic E-state index is -0.613. The molecular weight excluding hydrogens is 458 g/mol. The van der Waals surface area contributed by atoms with Crippen LogP contribution >= 0.6 is 0 Å². The predicted molar refractivity (Wildman–Crippen MR) is 136 cm³/mol. The lowest BCUT2D eigenvalue weighted by Gasteiger charge is -2.38. The normalized spacial score (nSPS) is 25.3. The molecule has 8 heteroatoms. The highest BCUT2D eigenvalue weighted by Gasteiger charge is 2.58. The number of aromatic nitrogens is 1. The third-order valence-electron chi connectivity index (χ3n) is 7.84. The number of ether oxygens (including phenoxy) is 1. The van der Waals surface area contributed by atoms with Gasteiger partial charge in [0.05, 0.1) is 18.0 Å². The molecule has 0 spiro atoms. The van der Waals surface area contributed by atoms with Crippen LogP contribution in [0.4, 0.5) is 0 Å². The van der Waals surface area contributed by atoms with E-state index in [9.17, 15) is 19.5 Å². The summed E-state index contributed by atoms with van der Waals surface area (Å²) in [5.74, 6) is -1.32. The quantitative estimate of drug-likeness (QED) is 0.669. The molecule has 2 fully saturated rings. The molecule has 2 saturated heterocycles. The topological polar surface area (TPSA) is 92.1 Å². The van der Waals surface area contributed by atoms with Crippen LogP contribution in [-0.2, 0) is 20.9 Å². The van der Waals surface area contributed by atoms with Gasteiger partial charge in [0.1, 0.15) is 6.61 Å². The van der Waals surface area contributed by atoms with Crippen molar-refractivity contribution in [3.05, 3.63) is 69.6 Å². The smallest absolute Gasteiger partial charge is 0.258 e. The molecule has 0 aliphatic carbocycles. The van der Waals surface area contributed by atoms with E-state index in [-0.39, 0.29) is 37.1 Å². The molecule has 190 valence electrons. The van der Waals surface area contributed by atoms with E-state index in [0.717, 1.165) is 24.8 Å². The van der Waals surface area contributed by atoms with Crippen molar-refractivity contribution in [2.75, 3.05) is 33.4 Å². The van der Waals surface area contributed by atoms with Gasteiger partial charge < -0.3 is 24.2 Å². The van der Waals surface area contributed by atoms with Gasteiger partial charge in [0.2, 0.25) is 11.8 Å². The van der Waals surface area contributed by atoms with E-state index < -0.39 is 23.9 Å². The SMILES string of the molecule is COCC(=O)N1[C@@H]2Cn3c(ccc(/C=C/c4ccccc4)c3=O)[C@H]1[C@@H](C(=O)N1CCCCC1)[C@@H]2CO. The van der Waals surface area contributed by atoms with Crippen molar-refractivity contribution in [3.8, 4) is 0 Å². The van der Waals surface area contributed by atoms with Gasteiger partial charge >= 0.3 is 0 Å². The van der Waals surface area contributed by atoms with Crippen molar-refractivity contribution in [2.24, 2.45) is 11.8 Å². The standard InChI is InChI=1S/C28H33N3O5/c1-36-18-24(33)31-23-16-30-22(13-12-20(27(30)34)11-10-19-8-4-2-5-9-19)26(31)25(21(23)17-32)28(35)29-14-6-3-7-15-29/h2,4-5,8-13,21,23,25-26,32H,3,6-7,14-18H2,1H3/b11-10+/t21-,23-,25+,26+/m1/s1. The molecule has 8 nitrogen and oxygen atoms in total. The van der Waals surface area contributed by atoms with E-state index in [4.69, 9.17) is 4.74 Å². The summed E-state index contributed by atoms with van der Waals surface area (Å²) in [6.45, 7) is 1.27. The van der Waals surface area contributed by atoms with Crippen molar-refractivity contribution in [1.82, 2.24) is 14.4 Å². The average molecular weight is 492 g/mol. The van der Waals surface area contributed by atoms with Gasteiger partial charge in [-0.3, -0.25) is 14.4 Å². The largest absolute Gasteiger partial charge is 0.396 e. The Bertz CT molecular complexity index is 1200. The highest BCUT2D eigenvalue weighted by molar-refractivity contribution is 5.85. The molecule has 4 atom stereocenters. The zero-order valence-electron chi connectivity index (χ0n) is 20.6. The maximum Gasteiger partial charge on any atom is 0.258 e. The van der Waals surface area contributed by atoms with Crippen molar-refractivity contribution in [1.29, 1.82) is 0 Å². The van der Waals surface area contributed by atoms with E-state index in [1.807, 2.05) is 47.4 Å². The number of aliphatic hydroxyl groups excluding tert-OH is 1. The average Bonchev–Trinajstić information content (AvgIpc) is 3.16. The molecule has 3 aliphatic rings. The number of amides is 2. The van der Waals surface area contributed by atoms with Crippen LogP contribution in [0.25, 0.3) is 12.2 Å². The molecule has 1 aromatic carbocycles. The van der Waals surface area contributed by atoms with E-state index in [1.165, 1.54) is 7.11 Å². The molecule has 1 aromatic heterocycles. The maximum absolute atomic E-state index is 13.8. The van der Waals surface area contributed by atoms with Gasteiger partial charge in [-0.15, -0.1) is 0 Å². The van der Waals surface area contributed by atoms with Crippen molar-refractivity contribution >= 4 is 24.0 Å². The van der Waals surface area contributed by atoms with Gasteiger partial charge in [0, 0.05) is 50.5 Å². The molecule has 2 amide bonds. The van der Waals surface area contributed by atoms with Crippen LogP contribution in [0.15, 0.2) is 47.3 Å². The van der Waals surface area contributed by atoms with Crippen molar-refractivity contribution in [2.45, 2.75) is 37.9 Å². The fourth-order valence-electron chi connectivity index (χ4n) is 6.15. The highest BCUT2D eigenvalue weighted by atomic mass is 16.5. The number of methoxy groups -OCH3 is 1. The zero-order valence-corrected chi connectivity index (χ0v) is 20.6. The van der Waals surface area contributed by atoms with E-state index in [1.54, 1.807) is 21.6 Å². The number of fused-ring (bicyclic) bond motifs is 4. The number of nitrogens with zero attached hydrogens (tertiary/aromatic N) is 3. The molecule has 36 heavy (non-hydrogen) atoms. The molecule has 5 rings (SSSR count). The first-order valence-electron chi connectivity index (χ1n) is 12.7. The maximum atomic E-state index is 13.8. The van der Waals surface area contributed by atoms with Crippen LogP contribution < -0.4 is 5.56 Å². The summed E-state index contributed by atoms with van der Waals surface area (Å²) in [6.07, 6.45) is 6.70. The molecule has 0 saturated carbocycles. The number of benzene rings is 1. The van der Waals surface area contributed by atoms with E-state index in [0.29, 0.717) is 24.3 Å². The molecule has 0 radical (unpaired) electrons. The second-order valence-corrected chi connectivity index (χ2v) is 9.88. The lowest BCUT2D eigenvalue weighted by Crippen LogP contribution is -2.50. The number of hydrogen-bond acceptors (Lipinski definition) is 5. The van der Waals surface area contributed by atoms with Gasteiger partial charge in [-0.1, -0.05) is 36.4 Å². The second-order valence-electron chi connectivity index (χ2n) is 9.88. The van der Waals surface area contributed by atoms with Gasteiger partial charge in [0.25, 0.3) is 5.56 Å². The number of piperidine rings is 1. The zero-order chi connectivity index (χ0) is 25.2. The number of aliphatic hydroxyl groups is 1. The summed E-state index contributed by atoms with van der Waals surface area (Å²) in [6, 6.07) is 12.3. The number of carbonyl (C=O) groups excluding carboxylic acids is 2. The Morgan fingerprint density at radius 3 is 2.50 bits per heavy atom. The van der Waals surface area contributed by atoms with Crippen LogP contribution in [0.3, 0.4) is 0 Å². The van der Waals surface area contributed by atoms with Gasteiger partial charge in [-0.2, -0.15) is 0 Å². The second kappa shape index (κ2) is 10.4. The third-order valence-corrected chi connectivity index (χ3v) is 7.84. The Labute approximate surface area is 210 Å². The lowest BCUT2D eigenvalue weighted by molar-refractivity contribution is -0.142. The van der Waals surface area contributed by atoms with Crippen LogP contribution in [0, 0.1) is 11.8 Å². The monoisotopic (exact) mass is 491 g/mol. The molecular formula is C28H33N3O5. The van der Waals surface area contributed by atoms with Crippen LogP contribution in [0.1, 0.15) is 42.1 Å². The summed E-state index contributed by atoms with van der Waals surface area (Å²) in [7, 11) is 1.47. The van der Waals surface area contributed by atoms with Crippen LogP contribution in [0.2, 0.25) is 0 Å².